The molecule has 1 aliphatic carbocycles. The zero-order valence-electron chi connectivity index (χ0n) is 15.5. The summed E-state index contributed by atoms with van der Waals surface area (Å²) >= 11 is 0. The zero-order chi connectivity index (χ0) is 20.3. The molecule has 0 radical (unpaired) electrons. The molecule has 1 aromatic rings. The van der Waals surface area contributed by atoms with Gasteiger partial charge in [0.2, 0.25) is 28.0 Å². The molecule has 4 rings (SSSR count). The highest BCUT2D eigenvalue weighted by Crippen LogP contribution is 2.31. The standard InChI is InChI=1S/C15H12N2O5.C4H5NO.ClH/c1-17(2)7-3-4-9-11(5-7)22-14-12(16-9)8(15(20)21)6-10(18)13(14)19;1-2-4-6-5-3-1;/h3-6,19H,1-2H3,(H,20,21);1-5H;1H. The van der Waals surface area contributed by atoms with Crippen molar-refractivity contribution in [3.05, 3.63) is 64.7 Å². The van der Waals surface area contributed by atoms with Crippen LogP contribution in [0.25, 0.3) is 22.6 Å². The minimum atomic E-state index is -1.28. The van der Waals surface area contributed by atoms with Gasteiger partial charge in [0.05, 0.1) is 0 Å². The monoisotopic (exact) mass is 419 g/mol. The number of benzene rings is 2. The van der Waals surface area contributed by atoms with Gasteiger partial charge in [0.1, 0.15) is 11.8 Å². The predicted octanol–water partition coefficient (Wildman–Crippen LogP) is -1.27. The lowest BCUT2D eigenvalue weighted by atomic mass is 10.1. The number of aromatic nitrogens is 1. The number of hydroxylamine groups is 1. The Kier molecular flexibility index (Phi) is 6.68. The summed E-state index contributed by atoms with van der Waals surface area (Å²) in [6.07, 6.45) is 6.93. The van der Waals surface area contributed by atoms with Gasteiger partial charge in [-0.2, -0.15) is 4.98 Å². The Morgan fingerprint density at radius 1 is 1.21 bits per heavy atom. The highest BCUT2D eigenvalue weighted by molar-refractivity contribution is 5.95. The first kappa shape index (κ1) is 21.6. The Bertz CT molecular complexity index is 1110. The molecule has 0 saturated carbocycles. The van der Waals surface area contributed by atoms with Gasteiger partial charge < -0.3 is 36.8 Å². The molecule has 0 bridgehead atoms. The summed E-state index contributed by atoms with van der Waals surface area (Å²) in [5.74, 6) is -2.07. The summed E-state index contributed by atoms with van der Waals surface area (Å²) in [5.41, 5.74) is 3.35. The van der Waals surface area contributed by atoms with Crippen molar-refractivity contribution in [2.24, 2.45) is 0 Å². The molecular weight excluding hydrogens is 402 g/mol. The number of H-pyrrole nitrogens is 1. The van der Waals surface area contributed by atoms with Crippen LogP contribution in [0.4, 0.5) is 5.69 Å². The molecule has 0 amide bonds. The molecule has 2 aliphatic heterocycles. The number of carboxylic acids is 1. The second kappa shape index (κ2) is 8.98. The summed E-state index contributed by atoms with van der Waals surface area (Å²) in [6, 6.07) is 6.17. The van der Waals surface area contributed by atoms with Crippen LogP contribution in [0.15, 0.2) is 58.1 Å². The molecular formula is C19H18ClN3O6. The number of fused-ring (bicyclic) bond motifs is 2. The normalized spacial score (nSPS) is 11.7. The first-order chi connectivity index (χ1) is 13.4. The van der Waals surface area contributed by atoms with Crippen molar-refractivity contribution in [1.82, 2.24) is 5.48 Å². The summed E-state index contributed by atoms with van der Waals surface area (Å²) in [7, 11) is 3.73. The van der Waals surface area contributed by atoms with Gasteiger partial charge in [-0.05, 0) is 18.2 Å². The number of rotatable bonds is 2. The van der Waals surface area contributed by atoms with E-state index >= 15 is 0 Å². The topological polar surface area (TPSA) is 126 Å². The van der Waals surface area contributed by atoms with E-state index in [9.17, 15) is 19.8 Å². The lowest BCUT2D eigenvalue weighted by Gasteiger charge is -2.12. The van der Waals surface area contributed by atoms with Gasteiger partial charge in [0, 0.05) is 44.2 Å². The summed E-state index contributed by atoms with van der Waals surface area (Å²) in [4.78, 5) is 32.3. The predicted molar refractivity (Wildman–Crippen MR) is 101 cm³/mol. The van der Waals surface area contributed by atoms with E-state index < -0.39 is 17.1 Å². The van der Waals surface area contributed by atoms with Crippen molar-refractivity contribution >= 4 is 22.8 Å². The fraction of sp³-hybridized carbons (Fsp3) is 0.105. The third kappa shape index (κ3) is 4.58. The van der Waals surface area contributed by atoms with Gasteiger partial charge in [-0.15, -0.1) is 0 Å². The number of phenolic OH excluding ortho intramolecular Hbond substituents is 1. The third-order valence-corrected chi connectivity index (χ3v) is 3.89. The number of nitrogens with zero attached hydrogens (tertiary/aromatic N) is 1. The zero-order valence-corrected chi connectivity index (χ0v) is 16.2. The van der Waals surface area contributed by atoms with Crippen molar-refractivity contribution in [2.45, 2.75) is 0 Å². The molecule has 0 saturated heterocycles. The number of hydrogen-bond acceptors (Lipinski definition) is 7. The number of carbonyl (C=O) groups is 1. The van der Waals surface area contributed by atoms with E-state index in [1.807, 2.05) is 31.1 Å². The average Bonchev–Trinajstić information content (AvgIpc) is 2.70. The second-order valence-electron chi connectivity index (χ2n) is 6.01. The SMILES string of the molecule is C1=CNOC=C1.CN(C)c1ccc2[nH+]c3c(C(=O)O)cc(=O)c(O)c-3oc2c1.[Cl-]. The Morgan fingerprint density at radius 2 is 1.97 bits per heavy atom. The number of allylic oxidation sites excluding steroid dienone is 2. The Balaban J connectivity index is 0.000000369. The van der Waals surface area contributed by atoms with Gasteiger partial charge >= 0.3 is 5.97 Å². The van der Waals surface area contributed by atoms with Gasteiger partial charge in [-0.3, -0.25) is 4.79 Å². The molecule has 0 unspecified atom stereocenters. The number of aromatic amines is 1. The fourth-order valence-corrected chi connectivity index (χ4v) is 2.50. The number of halogens is 1. The van der Waals surface area contributed by atoms with Crippen LogP contribution >= 0.6 is 0 Å². The van der Waals surface area contributed by atoms with Crippen LogP contribution < -0.4 is 33.2 Å². The van der Waals surface area contributed by atoms with Crippen molar-refractivity contribution in [3.8, 4) is 17.2 Å². The average molecular weight is 420 g/mol. The van der Waals surface area contributed by atoms with Crippen molar-refractivity contribution in [3.63, 3.8) is 0 Å². The quantitative estimate of drug-likeness (QED) is 0.439. The Morgan fingerprint density at radius 3 is 2.48 bits per heavy atom. The van der Waals surface area contributed by atoms with Gasteiger partial charge in [-0.1, -0.05) is 0 Å². The maximum Gasteiger partial charge on any atom is 0.342 e. The summed E-state index contributed by atoms with van der Waals surface area (Å²) in [5, 5.41) is 19.1. The van der Waals surface area contributed by atoms with E-state index in [1.165, 1.54) is 0 Å². The maximum atomic E-state index is 11.7. The van der Waals surface area contributed by atoms with Crippen LogP contribution in [0.1, 0.15) is 10.4 Å². The van der Waals surface area contributed by atoms with Crippen LogP contribution in [-0.4, -0.2) is 30.3 Å². The Hall–Kier alpha value is -3.72. The minimum absolute atomic E-state index is 0. The van der Waals surface area contributed by atoms with E-state index in [4.69, 9.17) is 4.42 Å². The molecule has 4 N–H and O–H groups in total. The number of aromatic hydroxyl groups is 1. The number of aromatic carboxylic acids is 1. The lowest BCUT2D eigenvalue weighted by Crippen LogP contribution is -3.00. The molecule has 0 spiro atoms. The fourth-order valence-electron chi connectivity index (χ4n) is 2.50. The molecule has 29 heavy (non-hydrogen) atoms. The van der Waals surface area contributed by atoms with E-state index in [1.54, 1.807) is 30.7 Å². The first-order valence-electron chi connectivity index (χ1n) is 8.18. The molecule has 0 fully saturated rings. The van der Waals surface area contributed by atoms with Crippen LogP contribution in [0.2, 0.25) is 0 Å². The van der Waals surface area contributed by atoms with E-state index in [-0.39, 0.29) is 29.4 Å². The summed E-state index contributed by atoms with van der Waals surface area (Å²) in [6.45, 7) is 0. The third-order valence-electron chi connectivity index (χ3n) is 3.89. The van der Waals surface area contributed by atoms with Crippen molar-refractivity contribution in [2.75, 3.05) is 19.0 Å². The second-order valence-corrected chi connectivity index (χ2v) is 6.01. The largest absolute Gasteiger partial charge is 1.00 e. The highest BCUT2D eigenvalue weighted by Gasteiger charge is 2.29. The smallest absolute Gasteiger partial charge is 0.342 e. The number of phenols is 1. The number of nitrogens with one attached hydrogen (secondary N) is 2. The van der Waals surface area contributed by atoms with Crippen LogP contribution in [-0.2, 0) is 4.84 Å². The van der Waals surface area contributed by atoms with E-state index in [0.717, 1.165) is 11.8 Å². The molecule has 2 heterocycles. The highest BCUT2D eigenvalue weighted by atomic mass is 35.5. The molecule has 9 nitrogen and oxygen atoms in total. The molecule has 0 aromatic heterocycles. The summed E-state index contributed by atoms with van der Waals surface area (Å²) < 4.78 is 5.57. The van der Waals surface area contributed by atoms with Gasteiger partial charge in [-0.25, -0.2) is 10.3 Å². The Labute approximate surface area is 171 Å². The van der Waals surface area contributed by atoms with Crippen LogP contribution in [0.3, 0.4) is 0 Å². The maximum absolute atomic E-state index is 11.7. The molecule has 0 atom stereocenters. The van der Waals surface area contributed by atoms with E-state index in [0.29, 0.717) is 11.1 Å². The van der Waals surface area contributed by atoms with E-state index in [2.05, 4.69) is 15.3 Å². The van der Waals surface area contributed by atoms with Gasteiger partial charge in [0.15, 0.2) is 0 Å². The first-order valence-corrected chi connectivity index (χ1v) is 8.18. The van der Waals surface area contributed by atoms with Crippen molar-refractivity contribution in [1.29, 1.82) is 0 Å². The number of carboxylic acid groups (broad SMARTS) is 1. The van der Waals surface area contributed by atoms with Gasteiger partial charge in [0.25, 0.3) is 5.69 Å². The molecule has 152 valence electrons. The van der Waals surface area contributed by atoms with Crippen molar-refractivity contribution < 1.29 is 41.7 Å². The lowest BCUT2D eigenvalue weighted by molar-refractivity contribution is -0.334. The number of hydrogen-bond donors (Lipinski definition) is 3. The van der Waals surface area contributed by atoms with Crippen LogP contribution in [0, 0.1) is 0 Å². The minimum Gasteiger partial charge on any atom is -1.00 e. The molecule has 10 heteroatoms. The molecule has 3 aliphatic rings. The van der Waals surface area contributed by atoms with Crippen LogP contribution in [0.5, 0.6) is 5.75 Å². The molecule has 1 aromatic carbocycles. The number of anilines is 1.